The second-order valence-corrected chi connectivity index (χ2v) is 7.43. The summed E-state index contributed by atoms with van der Waals surface area (Å²) in [7, 11) is 3.83. The highest BCUT2D eigenvalue weighted by Gasteiger charge is 2.19. The van der Waals surface area contributed by atoms with Crippen molar-refractivity contribution >= 4 is 22.4 Å². The molecule has 2 aromatic carbocycles. The van der Waals surface area contributed by atoms with Gasteiger partial charge >= 0.3 is 0 Å². The highest BCUT2D eigenvalue weighted by atomic mass is 16.3. The Kier molecular flexibility index (Phi) is 4.68. The van der Waals surface area contributed by atoms with Crippen LogP contribution in [0.3, 0.4) is 0 Å². The van der Waals surface area contributed by atoms with Crippen molar-refractivity contribution in [2.24, 2.45) is 0 Å². The average molecular weight is 364 g/mol. The third-order valence-electron chi connectivity index (χ3n) is 4.99. The number of hydrogen-bond donors (Lipinski definition) is 2. The Balaban J connectivity index is 1.52. The van der Waals surface area contributed by atoms with Gasteiger partial charge in [-0.15, -0.1) is 0 Å². The molecule has 2 N–H and O–H groups in total. The number of anilines is 1. The lowest BCUT2D eigenvalue weighted by Gasteiger charge is -2.15. The number of carbonyl (C=O) groups is 1. The fourth-order valence-corrected chi connectivity index (χ4v) is 3.87. The topological polar surface area (TPSA) is 70.4 Å². The van der Waals surface area contributed by atoms with E-state index in [1.54, 1.807) is 17.1 Å². The van der Waals surface area contributed by atoms with Crippen molar-refractivity contribution in [3.05, 3.63) is 59.4 Å². The molecular weight excluding hydrogens is 340 g/mol. The van der Waals surface area contributed by atoms with Gasteiger partial charge in [0.1, 0.15) is 0 Å². The third-order valence-corrected chi connectivity index (χ3v) is 4.99. The second kappa shape index (κ2) is 7.13. The molecule has 1 unspecified atom stereocenters. The first-order chi connectivity index (χ1) is 13.0. The molecule has 6 nitrogen and oxygen atoms in total. The maximum atomic E-state index is 12.8. The van der Waals surface area contributed by atoms with Gasteiger partial charge in [-0.05, 0) is 54.9 Å². The van der Waals surface area contributed by atoms with Crippen molar-refractivity contribution < 1.29 is 9.90 Å². The second-order valence-electron chi connectivity index (χ2n) is 7.43. The van der Waals surface area contributed by atoms with Crippen LogP contribution in [0.4, 0.5) is 5.69 Å². The van der Waals surface area contributed by atoms with Crippen molar-refractivity contribution in [2.45, 2.75) is 25.5 Å². The van der Waals surface area contributed by atoms with Gasteiger partial charge in [-0.3, -0.25) is 9.48 Å². The Morgan fingerprint density at radius 2 is 2.04 bits per heavy atom. The van der Waals surface area contributed by atoms with E-state index in [1.807, 2.05) is 37.2 Å². The summed E-state index contributed by atoms with van der Waals surface area (Å²) >= 11 is 0. The van der Waals surface area contributed by atoms with Crippen LogP contribution in [-0.2, 0) is 19.4 Å². The van der Waals surface area contributed by atoms with Crippen molar-refractivity contribution in [1.29, 1.82) is 0 Å². The molecule has 1 amide bonds. The molecule has 3 aromatic rings. The summed E-state index contributed by atoms with van der Waals surface area (Å²) < 4.78 is 1.65. The molecular formula is C21H24N4O2. The fraction of sp³-hybridized carbons (Fsp3) is 0.333. The number of likely N-dealkylation sites (N-methyl/N-ethyl adjacent to an activating group) is 1. The number of aliphatic hydroxyl groups excluding tert-OH is 1. The van der Waals surface area contributed by atoms with Crippen LogP contribution in [0.15, 0.2) is 42.7 Å². The lowest BCUT2D eigenvalue weighted by Crippen LogP contribution is -2.29. The van der Waals surface area contributed by atoms with Crippen LogP contribution in [0.1, 0.15) is 21.5 Å². The Labute approximate surface area is 158 Å². The minimum atomic E-state index is -0.514. The molecule has 0 fully saturated rings. The molecule has 0 aliphatic heterocycles. The minimum Gasteiger partial charge on any atom is -0.390 e. The van der Waals surface area contributed by atoms with Crippen LogP contribution >= 0.6 is 0 Å². The SMILES string of the molecule is CN(C)CC(O)Cn1cc(NC(=O)c2ccc3c4c(cccc24)CC3)cn1. The molecule has 0 bridgehead atoms. The van der Waals surface area contributed by atoms with Gasteiger partial charge < -0.3 is 15.3 Å². The number of carbonyl (C=O) groups excluding carboxylic acids is 1. The molecule has 0 radical (unpaired) electrons. The zero-order valence-corrected chi connectivity index (χ0v) is 15.6. The summed E-state index contributed by atoms with van der Waals surface area (Å²) in [6.07, 6.45) is 4.93. The Morgan fingerprint density at radius 3 is 2.81 bits per heavy atom. The number of rotatable bonds is 6. The minimum absolute atomic E-state index is 0.140. The first-order valence-electron chi connectivity index (χ1n) is 9.21. The van der Waals surface area contributed by atoms with Crippen molar-refractivity contribution in [3.63, 3.8) is 0 Å². The van der Waals surface area contributed by atoms with E-state index in [9.17, 15) is 9.90 Å². The number of aromatic nitrogens is 2. The van der Waals surface area contributed by atoms with E-state index in [2.05, 4.69) is 22.5 Å². The smallest absolute Gasteiger partial charge is 0.256 e. The molecule has 0 saturated carbocycles. The van der Waals surface area contributed by atoms with E-state index in [0.29, 0.717) is 24.3 Å². The number of amides is 1. The lowest BCUT2D eigenvalue weighted by atomic mass is 9.99. The van der Waals surface area contributed by atoms with Crippen LogP contribution in [0.5, 0.6) is 0 Å². The van der Waals surface area contributed by atoms with Crippen LogP contribution in [0.2, 0.25) is 0 Å². The fourth-order valence-electron chi connectivity index (χ4n) is 3.87. The quantitative estimate of drug-likeness (QED) is 0.704. The summed E-state index contributed by atoms with van der Waals surface area (Å²) in [6.45, 7) is 0.942. The molecule has 1 aliphatic carbocycles. The van der Waals surface area contributed by atoms with E-state index >= 15 is 0 Å². The zero-order valence-electron chi connectivity index (χ0n) is 15.6. The van der Waals surface area contributed by atoms with Crippen LogP contribution in [0.25, 0.3) is 10.8 Å². The highest BCUT2D eigenvalue weighted by molar-refractivity contribution is 6.14. The van der Waals surface area contributed by atoms with Gasteiger partial charge in [0.2, 0.25) is 0 Å². The first-order valence-corrected chi connectivity index (χ1v) is 9.21. The van der Waals surface area contributed by atoms with Gasteiger partial charge in [0.25, 0.3) is 5.91 Å². The molecule has 1 heterocycles. The van der Waals surface area contributed by atoms with E-state index in [4.69, 9.17) is 0 Å². The zero-order chi connectivity index (χ0) is 19.0. The number of benzene rings is 2. The monoisotopic (exact) mass is 364 g/mol. The lowest BCUT2D eigenvalue weighted by molar-refractivity contribution is 0.102. The normalized spacial score (nSPS) is 14.1. The maximum absolute atomic E-state index is 12.8. The van der Waals surface area contributed by atoms with E-state index in [-0.39, 0.29) is 5.91 Å². The number of aliphatic hydroxyl groups is 1. The predicted octanol–water partition coefficient (Wildman–Crippen LogP) is 2.31. The Morgan fingerprint density at radius 1 is 1.26 bits per heavy atom. The summed E-state index contributed by atoms with van der Waals surface area (Å²) in [5.74, 6) is -0.140. The standard InChI is InChI=1S/C21H24N4O2/c1-24(2)12-17(26)13-25-11-16(10-22-25)23-21(27)19-9-8-15-7-6-14-4-3-5-18(19)20(14)15/h3-5,8-11,17,26H,6-7,12-13H2,1-2H3,(H,23,27). The number of nitrogens with zero attached hydrogens (tertiary/aromatic N) is 3. The van der Waals surface area contributed by atoms with Gasteiger partial charge in [-0.25, -0.2) is 0 Å². The van der Waals surface area contributed by atoms with E-state index in [0.717, 1.165) is 18.2 Å². The predicted molar refractivity (Wildman–Crippen MR) is 106 cm³/mol. The Hall–Kier alpha value is -2.70. The summed E-state index contributed by atoms with van der Waals surface area (Å²) in [5, 5.41) is 19.4. The maximum Gasteiger partial charge on any atom is 0.256 e. The first kappa shape index (κ1) is 17.7. The van der Waals surface area contributed by atoms with Crippen LogP contribution in [0, 0.1) is 0 Å². The Bertz CT molecular complexity index is 983. The van der Waals surface area contributed by atoms with Crippen molar-refractivity contribution in [1.82, 2.24) is 14.7 Å². The average Bonchev–Trinajstić information content (AvgIpc) is 3.23. The molecule has 27 heavy (non-hydrogen) atoms. The van der Waals surface area contributed by atoms with Gasteiger partial charge in [-0.1, -0.05) is 24.3 Å². The van der Waals surface area contributed by atoms with Crippen LogP contribution in [-0.4, -0.2) is 52.4 Å². The highest BCUT2D eigenvalue weighted by Crippen LogP contribution is 2.33. The molecule has 140 valence electrons. The van der Waals surface area contributed by atoms with Crippen molar-refractivity contribution in [3.8, 4) is 0 Å². The van der Waals surface area contributed by atoms with Gasteiger partial charge in [0, 0.05) is 18.3 Å². The number of nitrogens with one attached hydrogen (secondary N) is 1. The van der Waals surface area contributed by atoms with E-state index < -0.39 is 6.10 Å². The molecule has 1 aliphatic rings. The summed E-state index contributed by atoms with van der Waals surface area (Å²) in [6, 6.07) is 10.2. The van der Waals surface area contributed by atoms with E-state index in [1.165, 1.54) is 16.5 Å². The van der Waals surface area contributed by atoms with Gasteiger partial charge in [0.05, 0.1) is 24.5 Å². The van der Waals surface area contributed by atoms with Gasteiger partial charge in [-0.2, -0.15) is 5.10 Å². The number of hydrogen-bond acceptors (Lipinski definition) is 4. The largest absolute Gasteiger partial charge is 0.390 e. The third kappa shape index (κ3) is 3.59. The molecule has 0 saturated heterocycles. The van der Waals surface area contributed by atoms with Crippen LogP contribution < -0.4 is 5.32 Å². The number of aryl methyl sites for hydroxylation is 2. The van der Waals surface area contributed by atoms with Gasteiger partial charge in [0.15, 0.2) is 0 Å². The molecule has 0 spiro atoms. The molecule has 4 rings (SSSR count). The summed E-state index contributed by atoms with van der Waals surface area (Å²) in [5.41, 5.74) is 3.94. The summed E-state index contributed by atoms with van der Waals surface area (Å²) in [4.78, 5) is 14.8. The molecule has 6 heteroatoms. The molecule has 1 aromatic heterocycles. The van der Waals surface area contributed by atoms with Crippen molar-refractivity contribution in [2.75, 3.05) is 26.0 Å². The molecule has 1 atom stereocenters.